The van der Waals surface area contributed by atoms with Crippen molar-refractivity contribution >= 4 is 21.6 Å². The molecule has 1 aromatic rings. The van der Waals surface area contributed by atoms with E-state index < -0.39 is 0 Å². The van der Waals surface area contributed by atoms with Crippen LogP contribution in [0.5, 0.6) is 0 Å². The number of anilines is 1. The zero-order valence-corrected chi connectivity index (χ0v) is 13.2. The molecular formula is C16H20BrN3. The van der Waals surface area contributed by atoms with Crippen molar-refractivity contribution in [1.82, 2.24) is 5.32 Å². The minimum Gasteiger partial charge on any atom is -0.370 e. The van der Waals surface area contributed by atoms with Gasteiger partial charge in [-0.2, -0.15) is 5.26 Å². The van der Waals surface area contributed by atoms with Crippen molar-refractivity contribution in [2.45, 2.75) is 31.7 Å². The first-order valence-corrected chi connectivity index (χ1v) is 8.23. The fourth-order valence-corrected chi connectivity index (χ4v) is 3.38. The lowest BCUT2D eigenvalue weighted by molar-refractivity contribution is 0.570. The molecule has 4 heteroatoms. The number of nitrogens with one attached hydrogen (secondary N) is 1. The standard InChI is InChI=1S/C16H20BrN3/c17-14-6-13(9-18)7-16(8-14)20(10-12-3-4-12)11-15-2-1-5-19-15/h6-8,12,15,19H,1-5,10-11H2. The van der Waals surface area contributed by atoms with Crippen molar-refractivity contribution in [2.75, 3.05) is 24.5 Å². The Labute approximate surface area is 129 Å². The van der Waals surface area contributed by atoms with Gasteiger partial charge in [0.15, 0.2) is 0 Å². The minimum absolute atomic E-state index is 0.596. The second-order valence-corrected chi connectivity index (χ2v) is 6.87. The Bertz CT molecular complexity index is 513. The smallest absolute Gasteiger partial charge is 0.0992 e. The summed E-state index contributed by atoms with van der Waals surface area (Å²) in [4.78, 5) is 2.46. The molecular weight excluding hydrogens is 314 g/mol. The van der Waals surface area contributed by atoms with Gasteiger partial charge in [-0.25, -0.2) is 0 Å². The first-order chi connectivity index (χ1) is 9.74. The van der Waals surface area contributed by atoms with Gasteiger partial charge in [0.1, 0.15) is 0 Å². The molecule has 1 saturated heterocycles. The van der Waals surface area contributed by atoms with E-state index in [0.29, 0.717) is 6.04 Å². The van der Waals surface area contributed by atoms with Crippen LogP contribution in [0, 0.1) is 17.2 Å². The van der Waals surface area contributed by atoms with Gasteiger partial charge in [-0.1, -0.05) is 15.9 Å². The third-order valence-corrected chi connectivity index (χ3v) is 4.61. The first-order valence-electron chi connectivity index (χ1n) is 7.43. The second-order valence-electron chi connectivity index (χ2n) is 5.95. The van der Waals surface area contributed by atoms with Crippen LogP contribution in [0.3, 0.4) is 0 Å². The molecule has 3 nitrogen and oxygen atoms in total. The van der Waals surface area contributed by atoms with Crippen molar-refractivity contribution in [3.8, 4) is 6.07 Å². The number of halogens is 1. The molecule has 0 bridgehead atoms. The molecule has 1 aromatic carbocycles. The largest absolute Gasteiger partial charge is 0.370 e. The Balaban J connectivity index is 1.79. The number of hydrogen-bond acceptors (Lipinski definition) is 3. The highest BCUT2D eigenvalue weighted by molar-refractivity contribution is 9.10. The molecule has 1 saturated carbocycles. The average Bonchev–Trinajstić information content (AvgIpc) is 3.11. The molecule has 1 aliphatic heterocycles. The van der Waals surface area contributed by atoms with Crippen LogP contribution >= 0.6 is 15.9 Å². The molecule has 1 unspecified atom stereocenters. The summed E-state index contributed by atoms with van der Waals surface area (Å²) >= 11 is 3.52. The Kier molecular flexibility index (Phi) is 4.28. The van der Waals surface area contributed by atoms with Gasteiger partial charge in [0.25, 0.3) is 0 Å². The molecule has 1 atom stereocenters. The second kappa shape index (κ2) is 6.15. The fourth-order valence-electron chi connectivity index (χ4n) is 2.90. The summed E-state index contributed by atoms with van der Waals surface area (Å²) in [7, 11) is 0. The van der Waals surface area contributed by atoms with Crippen LogP contribution in [-0.4, -0.2) is 25.7 Å². The summed E-state index contributed by atoms with van der Waals surface area (Å²) in [6.45, 7) is 3.32. The van der Waals surface area contributed by atoms with Gasteiger partial charge in [-0.15, -0.1) is 0 Å². The van der Waals surface area contributed by atoms with Gasteiger partial charge >= 0.3 is 0 Å². The molecule has 2 fully saturated rings. The van der Waals surface area contributed by atoms with E-state index >= 15 is 0 Å². The maximum Gasteiger partial charge on any atom is 0.0992 e. The highest BCUT2D eigenvalue weighted by Crippen LogP contribution is 2.33. The monoisotopic (exact) mass is 333 g/mol. The van der Waals surface area contributed by atoms with Crippen molar-refractivity contribution in [2.24, 2.45) is 5.92 Å². The zero-order valence-electron chi connectivity index (χ0n) is 11.6. The zero-order chi connectivity index (χ0) is 13.9. The molecule has 1 N–H and O–H groups in total. The third-order valence-electron chi connectivity index (χ3n) is 4.16. The average molecular weight is 334 g/mol. The minimum atomic E-state index is 0.596. The predicted molar refractivity (Wildman–Crippen MR) is 84.8 cm³/mol. The normalized spacial score (nSPS) is 21.7. The van der Waals surface area contributed by atoms with E-state index in [2.05, 4.69) is 38.3 Å². The van der Waals surface area contributed by atoms with Gasteiger partial charge in [0, 0.05) is 29.3 Å². The summed E-state index contributed by atoms with van der Waals surface area (Å²) in [5.74, 6) is 0.848. The van der Waals surface area contributed by atoms with E-state index in [1.165, 1.54) is 31.4 Å². The molecule has 106 valence electrons. The van der Waals surface area contributed by atoms with Gasteiger partial charge < -0.3 is 10.2 Å². The van der Waals surface area contributed by atoms with Crippen molar-refractivity contribution in [3.63, 3.8) is 0 Å². The quantitative estimate of drug-likeness (QED) is 0.898. The Morgan fingerprint density at radius 2 is 2.10 bits per heavy atom. The molecule has 0 spiro atoms. The van der Waals surface area contributed by atoms with Gasteiger partial charge in [0.05, 0.1) is 11.6 Å². The SMILES string of the molecule is N#Cc1cc(Br)cc(N(CC2CC2)CC2CCCN2)c1. The lowest BCUT2D eigenvalue weighted by Gasteiger charge is -2.28. The Hall–Kier alpha value is -1.05. The van der Waals surface area contributed by atoms with Gasteiger partial charge in [-0.05, 0) is 56.3 Å². The fraction of sp³-hybridized carbons (Fsp3) is 0.562. The van der Waals surface area contributed by atoms with E-state index in [4.69, 9.17) is 5.26 Å². The Morgan fingerprint density at radius 3 is 2.75 bits per heavy atom. The number of hydrogen-bond donors (Lipinski definition) is 1. The summed E-state index contributed by atoms with van der Waals surface area (Å²) in [6, 6.07) is 8.88. The van der Waals surface area contributed by atoms with E-state index in [0.717, 1.165) is 35.6 Å². The molecule has 1 aliphatic carbocycles. The molecule has 3 rings (SSSR count). The van der Waals surface area contributed by atoms with Crippen molar-refractivity contribution in [1.29, 1.82) is 5.26 Å². The van der Waals surface area contributed by atoms with Crippen LogP contribution < -0.4 is 10.2 Å². The summed E-state index contributed by atoms with van der Waals surface area (Å²) in [5.41, 5.74) is 1.91. The van der Waals surface area contributed by atoms with Gasteiger partial charge in [0.2, 0.25) is 0 Å². The van der Waals surface area contributed by atoms with Crippen molar-refractivity contribution < 1.29 is 0 Å². The van der Waals surface area contributed by atoms with Gasteiger partial charge in [-0.3, -0.25) is 0 Å². The van der Waals surface area contributed by atoms with E-state index in [1.54, 1.807) is 0 Å². The molecule has 20 heavy (non-hydrogen) atoms. The van der Waals surface area contributed by atoms with Crippen LogP contribution in [0.15, 0.2) is 22.7 Å². The highest BCUT2D eigenvalue weighted by Gasteiger charge is 2.27. The van der Waals surface area contributed by atoms with Crippen LogP contribution in [0.25, 0.3) is 0 Å². The highest BCUT2D eigenvalue weighted by atomic mass is 79.9. The van der Waals surface area contributed by atoms with E-state index in [9.17, 15) is 0 Å². The number of benzene rings is 1. The summed E-state index contributed by atoms with van der Waals surface area (Å²) in [6.07, 6.45) is 5.26. The summed E-state index contributed by atoms with van der Waals surface area (Å²) < 4.78 is 0.992. The van der Waals surface area contributed by atoms with Crippen LogP contribution in [0.2, 0.25) is 0 Å². The molecule has 0 amide bonds. The van der Waals surface area contributed by atoms with Crippen LogP contribution in [0.4, 0.5) is 5.69 Å². The van der Waals surface area contributed by atoms with E-state index in [1.807, 2.05) is 12.1 Å². The lowest BCUT2D eigenvalue weighted by atomic mass is 10.1. The van der Waals surface area contributed by atoms with Crippen molar-refractivity contribution in [3.05, 3.63) is 28.2 Å². The lowest BCUT2D eigenvalue weighted by Crippen LogP contribution is -2.38. The molecule has 0 radical (unpaired) electrons. The maximum atomic E-state index is 9.15. The number of nitriles is 1. The third kappa shape index (κ3) is 3.53. The first kappa shape index (κ1) is 13.9. The van der Waals surface area contributed by atoms with Crippen LogP contribution in [0.1, 0.15) is 31.2 Å². The maximum absolute atomic E-state index is 9.15. The molecule has 2 aliphatic rings. The topological polar surface area (TPSA) is 39.1 Å². The Morgan fingerprint density at radius 1 is 1.25 bits per heavy atom. The molecule has 1 heterocycles. The predicted octanol–water partition coefficient (Wildman–Crippen LogP) is 3.29. The number of nitrogens with zero attached hydrogens (tertiary/aromatic N) is 2. The molecule has 0 aromatic heterocycles. The van der Waals surface area contributed by atoms with Crippen LogP contribution in [-0.2, 0) is 0 Å². The number of rotatable bonds is 5. The summed E-state index contributed by atoms with van der Waals surface area (Å²) in [5, 5.41) is 12.7. The van der Waals surface area contributed by atoms with E-state index in [-0.39, 0.29) is 0 Å².